The second kappa shape index (κ2) is 11.3. The molecule has 6 N–H and O–H groups in total. The van der Waals surface area contributed by atoms with Crippen molar-refractivity contribution in [3.05, 3.63) is 75.5 Å². The number of nitrogens with zero attached hydrogens (tertiary/aromatic N) is 6. The number of rotatable bonds is 6. The minimum atomic E-state index is -0.873. The van der Waals surface area contributed by atoms with E-state index in [4.69, 9.17) is 23.1 Å². The molecule has 14 heteroatoms. The molecule has 0 radical (unpaired) electrons. The van der Waals surface area contributed by atoms with Crippen molar-refractivity contribution in [2.75, 3.05) is 35.6 Å². The van der Waals surface area contributed by atoms with Crippen LogP contribution in [0.3, 0.4) is 0 Å². The van der Waals surface area contributed by atoms with Crippen LogP contribution in [0.15, 0.2) is 69.3 Å². The molecule has 1 aliphatic heterocycles. The molecule has 1 amide bonds. The summed E-state index contributed by atoms with van der Waals surface area (Å²) in [6.45, 7) is 4.33. The first-order chi connectivity index (χ1) is 20.7. The van der Waals surface area contributed by atoms with Gasteiger partial charge < -0.3 is 26.8 Å². The van der Waals surface area contributed by atoms with Crippen LogP contribution >= 0.6 is 23.4 Å². The van der Waals surface area contributed by atoms with Gasteiger partial charge in [0.15, 0.2) is 16.4 Å². The first kappa shape index (κ1) is 28.6. The average Bonchev–Trinajstić information content (AvgIpc) is 3.00. The summed E-state index contributed by atoms with van der Waals surface area (Å²) in [5.74, 6) is -0.739. The van der Waals surface area contributed by atoms with Crippen molar-refractivity contribution >= 4 is 63.3 Å². The number of aromatic hydroxyl groups is 1. The molecule has 0 saturated carbocycles. The zero-order valence-electron chi connectivity index (χ0n) is 23.1. The molecule has 1 aliphatic rings. The lowest BCUT2D eigenvalue weighted by molar-refractivity contribution is 0.102. The fourth-order valence-corrected chi connectivity index (χ4v) is 6.10. The first-order valence-corrected chi connectivity index (χ1v) is 14.7. The third-order valence-corrected chi connectivity index (χ3v) is 9.31. The number of halogens is 1. The predicted molar refractivity (Wildman–Crippen MR) is 167 cm³/mol. The molecule has 0 atom stereocenters. The van der Waals surface area contributed by atoms with Crippen molar-refractivity contribution in [1.29, 1.82) is 0 Å². The van der Waals surface area contributed by atoms with Crippen LogP contribution in [0.1, 0.15) is 30.1 Å². The Bertz CT molecular complexity index is 1940. The van der Waals surface area contributed by atoms with Gasteiger partial charge in [0, 0.05) is 18.0 Å². The number of fused-ring (bicyclic) bond motifs is 3. The lowest BCUT2D eigenvalue weighted by atomic mass is 9.81. The number of piperidine rings is 1. The topological polar surface area (TPSA) is 178 Å². The average molecular weight is 618 g/mol. The molecule has 1 saturated heterocycles. The minimum absolute atomic E-state index is 0.106. The lowest BCUT2D eigenvalue weighted by Gasteiger charge is -2.38. The summed E-state index contributed by atoms with van der Waals surface area (Å²) in [7, 11) is 0. The SMILES string of the molecule is CC1(CN)CCN(c2nnc(Sc3cccc(NC(=O)c4c(O)n5c(ccc6ccccc65)nc4=O)c3Cl)c(N)n2)CC1. The molecule has 2 aromatic carbocycles. The number of hydrogen-bond donors (Lipinski definition) is 4. The van der Waals surface area contributed by atoms with Crippen molar-refractivity contribution in [3.8, 4) is 5.88 Å². The number of hydrogen-bond acceptors (Lipinski definition) is 11. The number of amides is 1. The fourth-order valence-electron chi connectivity index (χ4n) is 5.02. The van der Waals surface area contributed by atoms with Gasteiger partial charge in [-0.05, 0) is 60.5 Å². The van der Waals surface area contributed by atoms with E-state index >= 15 is 0 Å². The Hall–Kier alpha value is -4.46. The fraction of sp³-hybridized carbons (Fsp3) is 0.241. The van der Waals surface area contributed by atoms with E-state index in [1.54, 1.807) is 42.5 Å². The smallest absolute Gasteiger partial charge is 0.290 e. The van der Waals surface area contributed by atoms with Gasteiger partial charge in [-0.15, -0.1) is 10.2 Å². The molecule has 0 bridgehead atoms. The van der Waals surface area contributed by atoms with Crippen LogP contribution in [0, 0.1) is 5.41 Å². The summed E-state index contributed by atoms with van der Waals surface area (Å²) in [5, 5.41) is 23.6. The minimum Gasteiger partial charge on any atom is -0.493 e. The first-order valence-electron chi connectivity index (χ1n) is 13.5. The Morgan fingerprint density at radius 1 is 1.09 bits per heavy atom. The predicted octanol–water partition coefficient (Wildman–Crippen LogP) is 3.94. The number of nitrogen functional groups attached to an aromatic ring is 1. The molecule has 220 valence electrons. The van der Waals surface area contributed by atoms with Crippen molar-refractivity contribution in [2.24, 2.45) is 11.1 Å². The number of benzene rings is 2. The van der Waals surface area contributed by atoms with Crippen LogP contribution in [0.5, 0.6) is 5.88 Å². The molecule has 0 spiro atoms. The van der Waals surface area contributed by atoms with Gasteiger partial charge in [-0.1, -0.05) is 54.6 Å². The molecule has 43 heavy (non-hydrogen) atoms. The summed E-state index contributed by atoms with van der Waals surface area (Å²) in [5.41, 5.74) is 11.9. The van der Waals surface area contributed by atoms with Gasteiger partial charge in [0.05, 0.1) is 16.2 Å². The maximum absolute atomic E-state index is 13.3. The molecular weight excluding hydrogens is 590 g/mol. The van der Waals surface area contributed by atoms with Gasteiger partial charge >= 0.3 is 0 Å². The Morgan fingerprint density at radius 2 is 1.86 bits per heavy atom. The van der Waals surface area contributed by atoms with E-state index in [-0.39, 0.29) is 27.6 Å². The van der Waals surface area contributed by atoms with Crippen LogP contribution in [-0.2, 0) is 0 Å². The summed E-state index contributed by atoms with van der Waals surface area (Å²) < 4.78 is 1.36. The zero-order chi connectivity index (χ0) is 30.3. The normalized spacial score (nSPS) is 14.7. The molecule has 6 rings (SSSR count). The number of para-hydroxylation sites is 1. The van der Waals surface area contributed by atoms with Gasteiger partial charge in [-0.3, -0.25) is 14.0 Å². The summed E-state index contributed by atoms with van der Waals surface area (Å²) >= 11 is 7.80. The highest BCUT2D eigenvalue weighted by Crippen LogP contribution is 2.39. The van der Waals surface area contributed by atoms with Gasteiger partial charge in [0.2, 0.25) is 11.8 Å². The standard InChI is InChI=1S/C29H28ClN9O3S/c1-29(15-31)11-13-38(14-12-29)28-35-23(32)26(36-37-28)43-19-8-4-6-17(22(19)30)33-24(40)21-25(41)34-20-10-9-16-5-2-3-7-18(16)39(20)27(21)42/h2-10,42H,11-15,31H2,1H3,(H,33,40)(H2,32,35,37). The number of carbonyl (C=O) groups excluding carboxylic acids is 1. The van der Waals surface area contributed by atoms with E-state index in [1.165, 1.54) is 4.40 Å². The second-order valence-corrected chi connectivity index (χ2v) is 12.1. The van der Waals surface area contributed by atoms with Crippen molar-refractivity contribution in [3.63, 3.8) is 0 Å². The number of pyridine rings is 1. The summed E-state index contributed by atoms with van der Waals surface area (Å²) in [6, 6.07) is 15.6. The Morgan fingerprint density at radius 3 is 2.60 bits per heavy atom. The number of anilines is 3. The van der Waals surface area contributed by atoms with Crippen LogP contribution in [0.4, 0.5) is 17.5 Å². The van der Waals surface area contributed by atoms with Crippen LogP contribution in [0.25, 0.3) is 16.6 Å². The molecule has 12 nitrogen and oxygen atoms in total. The Balaban J connectivity index is 1.24. The van der Waals surface area contributed by atoms with Gasteiger partial charge in [0.25, 0.3) is 11.5 Å². The number of aromatic nitrogens is 5. The lowest BCUT2D eigenvalue weighted by Crippen LogP contribution is -2.43. The molecule has 0 aliphatic carbocycles. The van der Waals surface area contributed by atoms with E-state index in [1.807, 2.05) is 17.0 Å². The van der Waals surface area contributed by atoms with E-state index in [9.17, 15) is 14.7 Å². The van der Waals surface area contributed by atoms with Gasteiger partial charge in [-0.2, -0.15) is 9.97 Å². The molecule has 5 aromatic rings. The Kier molecular flexibility index (Phi) is 7.54. The quantitative estimate of drug-likeness (QED) is 0.203. The summed E-state index contributed by atoms with van der Waals surface area (Å²) in [4.78, 5) is 37.2. The Labute approximate surface area is 255 Å². The van der Waals surface area contributed by atoms with E-state index < -0.39 is 22.9 Å². The van der Waals surface area contributed by atoms with Crippen molar-refractivity contribution in [2.45, 2.75) is 29.7 Å². The monoisotopic (exact) mass is 617 g/mol. The number of nitrogens with one attached hydrogen (secondary N) is 1. The molecule has 1 fully saturated rings. The number of carbonyl (C=O) groups is 1. The van der Waals surface area contributed by atoms with E-state index in [2.05, 4.69) is 32.4 Å². The van der Waals surface area contributed by atoms with E-state index in [0.29, 0.717) is 27.9 Å². The van der Waals surface area contributed by atoms with Gasteiger partial charge in [-0.25, -0.2) is 0 Å². The number of nitrogens with two attached hydrogens (primary N) is 2. The maximum atomic E-state index is 13.3. The van der Waals surface area contributed by atoms with Crippen LogP contribution in [-0.4, -0.2) is 55.2 Å². The molecule has 3 aromatic heterocycles. The molecule has 0 unspecified atom stereocenters. The van der Waals surface area contributed by atoms with Crippen LogP contribution in [0.2, 0.25) is 5.02 Å². The van der Waals surface area contributed by atoms with Crippen molar-refractivity contribution in [1.82, 2.24) is 24.6 Å². The summed E-state index contributed by atoms with van der Waals surface area (Å²) in [6.07, 6.45) is 1.85. The molecular formula is C29H28ClN9O3S. The van der Waals surface area contributed by atoms with Crippen LogP contribution < -0.4 is 27.2 Å². The van der Waals surface area contributed by atoms with Gasteiger partial charge in [0.1, 0.15) is 5.65 Å². The zero-order valence-corrected chi connectivity index (χ0v) is 24.7. The second-order valence-electron chi connectivity index (χ2n) is 10.7. The third-order valence-electron chi connectivity index (χ3n) is 7.75. The largest absolute Gasteiger partial charge is 0.493 e. The maximum Gasteiger partial charge on any atom is 0.290 e. The van der Waals surface area contributed by atoms with E-state index in [0.717, 1.165) is 43.1 Å². The molecule has 4 heterocycles. The third kappa shape index (κ3) is 5.42. The highest BCUT2D eigenvalue weighted by atomic mass is 35.5. The highest BCUT2D eigenvalue weighted by molar-refractivity contribution is 7.99. The highest BCUT2D eigenvalue weighted by Gasteiger charge is 2.30. The van der Waals surface area contributed by atoms with Crippen molar-refractivity contribution < 1.29 is 9.90 Å².